The number of nitrogens with one attached hydrogen (secondary N) is 2. The van der Waals surface area contributed by atoms with E-state index in [0.717, 1.165) is 30.4 Å². The fourth-order valence-electron chi connectivity index (χ4n) is 3.85. The SMILES string of the molecule is N#Cc1nn(-c2cc(Cl)c(Oc3cc(CC4CCCCC4)c(=O)[nH]n3)c(Cl)c2)c(=O)[nH]c1=O. The van der Waals surface area contributed by atoms with Gasteiger partial charge in [0.1, 0.15) is 6.07 Å². The molecule has 0 bridgehead atoms. The average Bonchev–Trinajstić information content (AvgIpc) is 2.79. The molecule has 3 aromatic rings. The summed E-state index contributed by atoms with van der Waals surface area (Å²) >= 11 is 12.7. The van der Waals surface area contributed by atoms with Crippen LogP contribution in [0.2, 0.25) is 10.0 Å². The lowest BCUT2D eigenvalue weighted by atomic mass is 9.85. The fourth-order valence-corrected chi connectivity index (χ4v) is 4.40. The maximum atomic E-state index is 12.2. The number of hydrogen-bond donors (Lipinski definition) is 2. The molecule has 0 radical (unpaired) electrons. The molecular formula is C21H18Cl2N6O4. The summed E-state index contributed by atoms with van der Waals surface area (Å²) in [4.78, 5) is 37.9. The number of benzene rings is 1. The van der Waals surface area contributed by atoms with Gasteiger partial charge in [0.25, 0.3) is 11.1 Å². The van der Waals surface area contributed by atoms with E-state index >= 15 is 0 Å². The second-order valence-electron chi connectivity index (χ2n) is 7.74. The van der Waals surface area contributed by atoms with Gasteiger partial charge in [0.2, 0.25) is 11.6 Å². The molecule has 0 spiro atoms. The standard InChI is InChI=1S/C21H18Cl2N6O4/c22-14-8-13(29-21(32)25-20(31)16(10-24)28-29)9-15(23)18(14)33-17-7-12(19(30)27-26-17)6-11-4-2-1-3-5-11/h7-9,11H,1-6H2,(H,27,30)(H,25,31,32). The number of ether oxygens (including phenoxy) is 1. The lowest BCUT2D eigenvalue weighted by molar-refractivity contribution is 0.354. The number of nitrogens with zero attached hydrogens (tertiary/aromatic N) is 4. The van der Waals surface area contributed by atoms with Crippen LogP contribution in [0.3, 0.4) is 0 Å². The third-order valence-corrected chi connectivity index (χ3v) is 6.02. The van der Waals surface area contributed by atoms with Crippen LogP contribution in [-0.4, -0.2) is 25.0 Å². The Bertz CT molecular complexity index is 1390. The van der Waals surface area contributed by atoms with Gasteiger partial charge in [-0.05, 0) is 24.5 Å². The van der Waals surface area contributed by atoms with Crippen molar-refractivity contribution in [3.05, 3.63) is 70.7 Å². The van der Waals surface area contributed by atoms with Gasteiger partial charge in [-0.3, -0.25) is 14.6 Å². The largest absolute Gasteiger partial charge is 0.434 e. The van der Waals surface area contributed by atoms with Gasteiger partial charge in [-0.2, -0.15) is 9.94 Å². The Kier molecular flexibility index (Phi) is 6.62. The molecular weight excluding hydrogens is 471 g/mol. The molecule has 0 saturated heterocycles. The molecule has 1 fully saturated rings. The number of aromatic nitrogens is 5. The van der Waals surface area contributed by atoms with Crippen molar-refractivity contribution in [2.75, 3.05) is 0 Å². The Hall–Kier alpha value is -3.42. The summed E-state index contributed by atoms with van der Waals surface area (Å²) < 4.78 is 6.54. The van der Waals surface area contributed by atoms with Crippen molar-refractivity contribution in [1.29, 1.82) is 5.26 Å². The summed E-state index contributed by atoms with van der Waals surface area (Å²) in [5.74, 6) is 0.620. The van der Waals surface area contributed by atoms with Crippen molar-refractivity contribution < 1.29 is 4.74 Å². The molecule has 1 aromatic carbocycles. The third-order valence-electron chi connectivity index (χ3n) is 5.46. The van der Waals surface area contributed by atoms with Gasteiger partial charge in [-0.1, -0.05) is 55.3 Å². The van der Waals surface area contributed by atoms with E-state index in [1.807, 2.05) is 4.98 Å². The minimum absolute atomic E-state index is 0.0257. The Balaban J connectivity index is 1.63. The van der Waals surface area contributed by atoms with E-state index in [1.165, 1.54) is 18.6 Å². The molecule has 10 nitrogen and oxygen atoms in total. The highest BCUT2D eigenvalue weighted by Gasteiger charge is 2.19. The van der Waals surface area contributed by atoms with Gasteiger partial charge >= 0.3 is 5.69 Å². The summed E-state index contributed by atoms with van der Waals surface area (Å²) in [7, 11) is 0. The minimum Gasteiger partial charge on any atom is -0.434 e. The molecule has 2 heterocycles. The number of halogens is 2. The molecule has 1 aliphatic carbocycles. The molecule has 2 aromatic heterocycles. The van der Waals surface area contributed by atoms with Crippen LogP contribution in [0.1, 0.15) is 43.4 Å². The van der Waals surface area contributed by atoms with Crippen LogP contribution >= 0.6 is 23.2 Å². The third kappa shape index (κ3) is 4.99. The average molecular weight is 489 g/mol. The number of nitriles is 1. The van der Waals surface area contributed by atoms with Crippen LogP contribution in [0.15, 0.2) is 32.6 Å². The van der Waals surface area contributed by atoms with Gasteiger partial charge in [0.15, 0.2) is 5.75 Å². The Morgan fingerprint density at radius 3 is 2.45 bits per heavy atom. The summed E-state index contributed by atoms with van der Waals surface area (Å²) in [5.41, 5.74) is -1.84. The fraction of sp³-hybridized carbons (Fsp3) is 0.333. The minimum atomic E-state index is -0.899. The van der Waals surface area contributed by atoms with Gasteiger partial charge in [-0.15, -0.1) is 10.2 Å². The van der Waals surface area contributed by atoms with Gasteiger partial charge < -0.3 is 4.74 Å². The summed E-state index contributed by atoms with van der Waals surface area (Å²) in [5, 5.41) is 19.1. The molecule has 0 atom stereocenters. The lowest BCUT2D eigenvalue weighted by Gasteiger charge is -2.21. The molecule has 0 amide bonds. The predicted octanol–water partition coefficient (Wildman–Crippen LogP) is 3.10. The van der Waals surface area contributed by atoms with E-state index in [0.29, 0.717) is 17.9 Å². The van der Waals surface area contributed by atoms with E-state index in [2.05, 4.69) is 15.3 Å². The molecule has 1 saturated carbocycles. The van der Waals surface area contributed by atoms with Crippen LogP contribution < -0.4 is 21.5 Å². The topological polar surface area (TPSA) is 147 Å². The summed E-state index contributed by atoms with van der Waals surface area (Å²) in [6.07, 6.45) is 6.36. The van der Waals surface area contributed by atoms with E-state index in [-0.39, 0.29) is 32.9 Å². The predicted molar refractivity (Wildman–Crippen MR) is 120 cm³/mol. The highest BCUT2D eigenvalue weighted by atomic mass is 35.5. The van der Waals surface area contributed by atoms with E-state index < -0.39 is 16.9 Å². The van der Waals surface area contributed by atoms with Gasteiger partial charge in [-0.25, -0.2) is 9.89 Å². The zero-order chi connectivity index (χ0) is 23.5. The van der Waals surface area contributed by atoms with Crippen LogP contribution in [0.25, 0.3) is 5.69 Å². The van der Waals surface area contributed by atoms with Crippen molar-refractivity contribution in [3.63, 3.8) is 0 Å². The van der Waals surface area contributed by atoms with Crippen LogP contribution in [0.5, 0.6) is 11.6 Å². The van der Waals surface area contributed by atoms with Crippen molar-refractivity contribution in [2.24, 2.45) is 5.92 Å². The maximum Gasteiger partial charge on any atom is 0.349 e. The zero-order valence-corrected chi connectivity index (χ0v) is 18.7. The first-order valence-electron chi connectivity index (χ1n) is 10.3. The van der Waals surface area contributed by atoms with Crippen molar-refractivity contribution in [3.8, 4) is 23.4 Å². The zero-order valence-electron chi connectivity index (χ0n) is 17.2. The first-order valence-corrected chi connectivity index (χ1v) is 11.0. The lowest BCUT2D eigenvalue weighted by Crippen LogP contribution is -2.33. The maximum absolute atomic E-state index is 12.2. The molecule has 1 aliphatic rings. The first-order chi connectivity index (χ1) is 15.9. The molecule has 0 aliphatic heterocycles. The first kappa shape index (κ1) is 22.8. The van der Waals surface area contributed by atoms with Crippen LogP contribution in [-0.2, 0) is 6.42 Å². The molecule has 33 heavy (non-hydrogen) atoms. The molecule has 170 valence electrons. The second kappa shape index (κ2) is 9.60. The van der Waals surface area contributed by atoms with E-state index in [4.69, 9.17) is 33.2 Å². The Labute approximate surface area is 196 Å². The summed E-state index contributed by atoms with van der Waals surface area (Å²) in [6.45, 7) is 0. The van der Waals surface area contributed by atoms with E-state index in [9.17, 15) is 14.4 Å². The Morgan fingerprint density at radius 2 is 1.79 bits per heavy atom. The molecule has 12 heteroatoms. The van der Waals surface area contributed by atoms with E-state index in [1.54, 1.807) is 12.1 Å². The van der Waals surface area contributed by atoms with Gasteiger partial charge in [0.05, 0.1) is 15.7 Å². The Morgan fingerprint density at radius 1 is 1.09 bits per heavy atom. The highest BCUT2D eigenvalue weighted by Crippen LogP contribution is 2.37. The number of hydrogen-bond acceptors (Lipinski definition) is 7. The summed E-state index contributed by atoms with van der Waals surface area (Å²) in [6, 6.07) is 5.85. The number of aromatic amines is 2. The molecule has 0 unspecified atom stereocenters. The highest BCUT2D eigenvalue weighted by molar-refractivity contribution is 6.37. The number of H-pyrrole nitrogens is 2. The van der Waals surface area contributed by atoms with Crippen molar-refractivity contribution >= 4 is 23.2 Å². The smallest absolute Gasteiger partial charge is 0.349 e. The molecule has 2 N–H and O–H groups in total. The van der Waals surface area contributed by atoms with Crippen molar-refractivity contribution in [1.82, 2.24) is 25.0 Å². The molecule has 4 rings (SSSR count). The normalized spacial score (nSPS) is 14.1. The van der Waals surface area contributed by atoms with Gasteiger partial charge in [0, 0.05) is 11.6 Å². The second-order valence-corrected chi connectivity index (χ2v) is 8.56. The quantitative estimate of drug-likeness (QED) is 0.560. The van der Waals surface area contributed by atoms with Crippen molar-refractivity contribution in [2.45, 2.75) is 38.5 Å². The van der Waals surface area contributed by atoms with Crippen LogP contribution in [0, 0.1) is 17.2 Å². The monoisotopic (exact) mass is 488 g/mol. The number of rotatable bonds is 5. The van der Waals surface area contributed by atoms with Crippen LogP contribution in [0.4, 0.5) is 0 Å².